The number of H-pyrrole nitrogens is 1. The van der Waals surface area contributed by atoms with Crippen LogP contribution < -0.4 is 11.1 Å². The maximum absolute atomic E-state index is 11.9. The van der Waals surface area contributed by atoms with E-state index in [1.54, 1.807) is 12.4 Å². The minimum Gasteiger partial charge on any atom is -0.349 e. The quantitative estimate of drug-likeness (QED) is 0.713. The van der Waals surface area contributed by atoms with Crippen LogP contribution in [0.1, 0.15) is 23.2 Å². The number of carbonyl (C=O) groups is 1. The largest absolute Gasteiger partial charge is 0.349 e. The van der Waals surface area contributed by atoms with Crippen molar-refractivity contribution in [2.45, 2.75) is 24.9 Å². The number of aromatic amines is 1. The lowest BCUT2D eigenvalue weighted by Gasteiger charge is -2.32. The van der Waals surface area contributed by atoms with E-state index in [9.17, 15) is 4.79 Å². The first-order valence-electron chi connectivity index (χ1n) is 5.72. The number of aromatic nitrogens is 2. The van der Waals surface area contributed by atoms with Crippen molar-refractivity contribution in [2.24, 2.45) is 5.73 Å². The highest BCUT2D eigenvalue weighted by atomic mass is 16.1. The molecule has 4 N–H and O–H groups in total. The van der Waals surface area contributed by atoms with E-state index in [-0.39, 0.29) is 18.0 Å². The van der Waals surface area contributed by atoms with Crippen molar-refractivity contribution in [2.75, 3.05) is 0 Å². The number of amides is 1. The standard InChI is InChI=1S/C12H14N4O/c13-8-4-9(5-8)16-12(17)7-1-2-10-11(3-7)15-6-14-10/h1-3,6,8-9H,4-5,13H2,(H,14,15)(H,16,17). The zero-order valence-electron chi connectivity index (χ0n) is 9.31. The predicted octanol–water partition coefficient (Wildman–Crippen LogP) is 0.782. The van der Waals surface area contributed by atoms with Crippen LogP contribution in [0.2, 0.25) is 0 Å². The number of hydrogen-bond donors (Lipinski definition) is 3. The molecule has 1 aromatic carbocycles. The molecule has 5 heteroatoms. The average molecular weight is 230 g/mol. The Kier molecular flexibility index (Phi) is 2.33. The maximum atomic E-state index is 11.9. The Hall–Kier alpha value is -1.88. The Morgan fingerprint density at radius 1 is 1.47 bits per heavy atom. The van der Waals surface area contributed by atoms with Gasteiger partial charge in [-0.15, -0.1) is 0 Å². The summed E-state index contributed by atoms with van der Waals surface area (Å²) in [7, 11) is 0. The highest BCUT2D eigenvalue weighted by Crippen LogP contribution is 2.18. The van der Waals surface area contributed by atoms with Crippen molar-refractivity contribution < 1.29 is 4.79 Å². The van der Waals surface area contributed by atoms with E-state index in [0.717, 1.165) is 23.9 Å². The predicted molar refractivity (Wildman–Crippen MR) is 64.6 cm³/mol. The number of nitrogens with zero attached hydrogens (tertiary/aromatic N) is 1. The molecular formula is C12H14N4O. The smallest absolute Gasteiger partial charge is 0.251 e. The number of rotatable bonds is 2. The van der Waals surface area contributed by atoms with E-state index in [0.29, 0.717) is 5.56 Å². The van der Waals surface area contributed by atoms with Gasteiger partial charge in [0.15, 0.2) is 0 Å². The first-order valence-corrected chi connectivity index (χ1v) is 5.72. The SMILES string of the molecule is NC1CC(NC(=O)c2ccc3nc[nH]c3c2)C1. The summed E-state index contributed by atoms with van der Waals surface area (Å²) >= 11 is 0. The molecule has 1 aromatic heterocycles. The summed E-state index contributed by atoms with van der Waals surface area (Å²) in [4.78, 5) is 19.0. The number of nitrogens with one attached hydrogen (secondary N) is 2. The molecule has 88 valence electrons. The third kappa shape index (κ3) is 1.89. The third-order valence-corrected chi connectivity index (χ3v) is 3.19. The second kappa shape index (κ2) is 3.85. The summed E-state index contributed by atoms with van der Waals surface area (Å²) in [5.74, 6) is -0.0431. The lowest BCUT2D eigenvalue weighted by molar-refractivity contribution is 0.0910. The van der Waals surface area contributed by atoms with Crippen LogP contribution in [0.5, 0.6) is 0 Å². The molecule has 3 rings (SSSR count). The summed E-state index contributed by atoms with van der Waals surface area (Å²) in [6.07, 6.45) is 3.37. The molecule has 1 fully saturated rings. The summed E-state index contributed by atoms with van der Waals surface area (Å²) in [5, 5.41) is 2.97. The van der Waals surface area contributed by atoms with Gasteiger partial charge in [-0.25, -0.2) is 4.98 Å². The first kappa shape index (κ1) is 10.3. The molecule has 1 aliphatic rings. The minimum absolute atomic E-state index is 0.0431. The van der Waals surface area contributed by atoms with Gasteiger partial charge in [0.05, 0.1) is 17.4 Å². The summed E-state index contributed by atoms with van der Waals surface area (Å²) in [6, 6.07) is 5.92. The van der Waals surface area contributed by atoms with Gasteiger partial charge in [-0.3, -0.25) is 4.79 Å². The van der Waals surface area contributed by atoms with Gasteiger partial charge in [-0.05, 0) is 31.0 Å². The molecule has 1 heterocycles. The third-order valence-electron chi connectivity index (χ3n) is 3.19. The van der Waals surface area contributed by atoms with Crippen LogP contribution in [-0.2, 0) is 0 Å². The Morgan fingerprint density at radius 3 is 3.06 bits per heavy atom. The van der Waals surface area contributed by atoms with Crippen molar-refractivity contribution >= 4 is 16.9 Å². The molecule has 0 unspecified atom stereocenters. The van der Waals surface area contributed by atoms with Crippen LogP contribution in [0.15, 0.2) is 24.5 Å². The second-order valence-electron chi connectivity index (χ2n) is 4.54. The number of imidazole rings is 1. The molecule has 0 radical (unpaired) electrons. The van der Waals surface area contributed by atoms with Crippen LogP contribution in [0, 0.1) is 0 Å². The molecule has 2 aromatic rings. The Morgan fingerprint density at radius 2 is 2.29 bits per heavy atom. The number of hydrogen-bond acceptors (Lipinski definition) is 3. The first-order chi connectivity index (χ1) is 8.22. The van der Waals surface area contributed by atoms with E-state index < -0.39 is 0 Å². The van der Waals surface area contributed by atoms with Gasteiger partial charge in [0.1, 0.15) is 0 Å². The summed E-state index contributed by atoms with van der Waals surface area (Å²) in [6.45, 7) is 0. The van der Waals surface area contributed by atoms with Crippen molar-refractivity contribution in [1.82, 2.24) is 15.3 Å². The van der Waals surface area contributed by atoms with E-state index in [4.69, 9.17) is 5.73 Å². The van der Waals surface area contributed by atoms with Crippen LogP contribution in [0.3, 0.4) is 0 Å². The molecule has 0 atom stereocenters. The van der Waals surface area contributed by atoms with E-state index in [1.165, 1.54) is 0 Å². The second-order valence-corrected chi connectivity index (χ2v) is 4.54. The van der Waals surface area contributed by atoms with Crippen LogP contribution in [0.25, 0.3) is 11.0 Å². The zero-order chi connectivity index (χ0) is 11.8. The number of fused-ring (bicyclic) bond motifs is 1. The molecule has 17 heavy (non-hydrogen) atoms. The van der Waals surface area contributed by atoms with Gasteiger partial charge >= 0.3 is 0 Å². The number of nitrogens with two attached hydrogens (primary N) is 1. The highest BCUT2D eigenvalue weighted by molar-refractivity contribution is 5.97. The molecule has 1 amide bonds. The normalized spacial score (nSPS) is 23.4. The molecule has 1 aliphatic carbocycles. The molecule has 0 spiro atoms. The van der Waals surface area contributed by atoms with Crippen molar-refractivity contribution in [1.29, 1.82) is 0 Å². The van der Waals surface area contributed by atoms with Crippen molar-refractivity contribution in [3.63, 3.8) is 0 Å². The van der Waals surface area contributed by atoms with Gasteiger partial charge < -0.3 is 16.0 Å². The number of benzene rings is 1. The van der Waals surface area contributed by atoms with Crippen LogP contribution in [0.4, 0.5) is 0 Å². The molecule has 0 aliphatic heterocycles. The monoisotopic (exact) mass is 230 g/mol. The minimum atomic E-state index is -0.0431. The Balaban J connectivity index is 1.76. The molecular weight excluding hydrogens is 216 g/mol. The lowest BCUT2D eigenvalue weighted by Crippen LogP contribution is -2.50. The average Bonchev–Trinajstić information content (AvgIpc) is 2.73. The van der Waals surface area contributed by atoms with E-state index >= 15 is 0 Å². The van der Waals surface area contributed by atoms with Crippen molar-refractivity contribution in [3.05, 3.63) is 30.1 Å². The topological polar surface area (TPSA) is 83.8 Å². The molecule has 1 saturated carbocycles. The zero-order valence-corrected chi connectivity index (χ0v) is 9.31. The van der Waals surface area contributed by atoms with Crippen LogP contribution >= 0.6 is 0 Å². The van der Waals surface area contributed by atoms with Gasteiger partial charge in [-0.1, -0.05) is 0 Å². The van der Waals surface area contributed by atoms with Gasteiger partial charge in [0.2, 0.25) is 0 Å². The Labute approximate surface area is 98.4 Å². The number of carbonyl (C=O) groups excluding carboxylic acids is 1. The fourth-order valence-electron chi connectivity index (χ4n) is 2.13. The fourth-order valence-corrected chi connectivity index (χ4v) is 2.13. The molecule has 0 saturated heterocycles. The highest BCUT2D eigenvalue weighted by Gasteiger charge is 2.27. The lowest BCUT2D eigenvalue weighted by atomic mass is 9.87. The van der Waals surface area contributed by atoms with Gasteiger partial charge in [0.25, 0.3) is 5.91 Å². The van der Waals surface area contributed by atoms with Gasteiger partial charge in [-0.2, -0.15) is 0 Å². The van der Waals surface area contributed by atoms with E-state index in [1.807, 2.05) is 12.1 Å². The van der Waals surface area contributed by atoms with Crippen molar-refractivity contribution in [3.8, 4) is 0 Å². The fraction of sp³-hybridized carbons (Fsp3) is 0.333. The summed E-state index contributed by atoms with van der Waals surface area (Å²) in [5.41, 5.74) is 8.08. The van der Waals surface area contributed by atoms with Gasteiger partial charge in [0, 0.05) is 17.6 Å². The Bertz CT molecular complexity index is 556. The molecule has 0 bridgehead atoms. The molecule has 5 nitrogen and oxygen atoms in total. The maximum Gasteiger partial charge on any atom is 0.251 e. The summed E-state index contributed by atoms with van der Waals surface area (Å²) < 4.78 is 0. The van der Waals surface area contributed by atoms with Crippen LogP contribution in [-0.4, -0.2) is 28.0 Å². The van der Waals surface area contributed by atoms with E-state index in [2.05, 4.69) is 15.3 Å².